The SMILES string of the molecule is [B]/C(=N\N)C(C)C. The summed E-state index contributed by atoms with van der Waals surface area (Å²) in [6.07, 6.45) is 0. The Hall–Kier alpha value is -0.465. The number of hydrazone groups is 1. The van der Waals surface area contributed by atoms with Crippen LogP contribution in [0.2, 0.25) is 0 Å². The smallest absolute Gasteiger partial charge is 0.138 e. The fourth-order valence-corrected chi connectivity index (χ4v) is 0.149. The van der Waals surface area contributed by atoms with Crippen molar-refractivity contribution in [3.8, 4) is 0 Å². The van der Waals surface area contributed by atoms with Crippen molar-refractivity contribution < 1.29 is 0 Å². The van der Waals surface area contributed by atoms with Crippen molar-refractivity contribution >= 4 is 13.5 Å². The molecule has 0 saturated carbocycles. The Labute approximate surface area is 45.2 Å². The summed E-state index contributed by atoms with van der Waals surface area (Å²) < 4.78 is 0. The van der Waals surface area contributed by atoms with E-state index in [1.165, 1.54) is 0 Å². The van der Waals surface area contributed by atoms with E-state index in [2.05, 4.69) is 5.10 Å². The van der Waals surface area contributed by atoms with Crippen LogP contribution in [0.1, 0.15) is 13.8 Å². The predicted octanol–water partition coefficient (Wildman–Crippen LogP) is 0.0831. The van der Waals surface area contributed by atoms with Gasteiger partial charge in [0.2, 0.25) is 0 Å². The zero-order valence-corrected chi connectivity index (χ0v) is 4.68. The second-order valence-corrected chi connectivity index (χ2v) is 1.71. The van der Waals surface area contributed by atoms with Crippen molar-refractivity contribution in [1.29, 1.82) is 0 Å². The maximum atomic E-state index is 5.24. The summed E-state index contributed by atoms with van der Waals surface area (Å²) in [5.41, 5.74) is 0.500. The molecule has 2 radical (unpaired) electrons. The molecule has 0 aromatic carbocycles. The molecule has 0 fully saturated rings. The lowest BCUT2D eigenvalue weighted by Gasteiger charge is -1.98. The van der Waals surface area contributed by atoms with E-state index < -0.39 is 0 Å². The highest BCUT2D eigenvalue weighted by Crippen LogP contribution is 1.89. The van der Waals surface area contributed by atoms with Crippen LogP contribution in [0.25, 0.3) is 0 Å². The Morgan fingerprint density at radius 2 is 2.14 bits per heavy atom. The normalized spacial score (nSPS) is 12.7. The van der Waals surface area contributed by atoms with Crippen LogP contribution in [-0.2, 0) is 0 Å². The minimum atomic E-state index is 0.269. The highest BCUT2D eigenvalue weighted by molar-refractivity contribution is 6.60. The number of nitrogens with two attached hydrogens (primary N) is 1. The first-order valence-electron chi connectivity index (χ1n) is 2.21. The Bertz CT molecular complexity index is 77.8. The molecule has 0 saturated heterocycles. The van der Waals surface area contributed by atoms with Crippen molar-refractivity contribution in [3.63, 3.8) is 0 Å². The van der Waals surface area contributed by atoms with E-state index in [9.17, 15) is 0 Å². The van der Waals surface area contributed by atoms with Gasteiger partial charge in [-0.1, -0.05) is 13.8 Å². The van der Waals surface area contributed by atoms with Gasteiger partial charge in [0, 0.05) is 0 Å². The molecular formula is C4H9BN2. The molecule has 2 N–H and O–H groups in total. The molecule has 7 heavy (non-hydrogen) atoms. The van der Waals surface area contributed by atoms with Crippen LogP contribution in [0.4, 0.5) is 0 Å². The zero-order valence-electron chi connectivity index (χ0n) is 4.68. The lowest BCUT2D eigenvalue weighted by atomic mass is 9.91. The highest BCUT2D eigenvalue weighted by atomic mass is 15.1. The molecule has 0 unspecified atom stereocenters. The highest BCUT2D eigenvalue weighted by Gasteiger charge is 1.92. The second-order valence-electron chi connectivity index (χ2n) is 1.71. The summed E-state index contributed by atoms with van der Waals surface area (Å²) in [4.78, 5) is 0. The minimum absolute atomic E-state index is 0.269. The van der Waals surface area contributed by atoms with Gasteiger partial charge in [-0.05, 0) is 11.5 Å². The van der Waals surface area contributed by atoms with Crippen molar-refractivity contribution in [1.82, 2.24) is 0 Å². The fraction of sp³-hybridized carbons (Fsp3) is 0.750. The molecule has 0 bridgehead atoms. The molecule has 0 rings (SSSR count). The van der Waals surface area contributed by atoms with Crippen molar-refractivity contribution in [2.45, 2.75) is 13.8 Å². The van der Waals surface area contributed by atoms with Crippen LogP contribution in [-0.4, -0.2) is 13.5 Å². The molecule has 0 aromatic rings. The van der Waals surface area contributed by atoms with E-state index in [4.69, 9.17) is 13.7 Å². The van der Waals surface area contributed by atoms with Gasteiger partial charge in [0.1, 0.15) is 7.85 Å². The summed E-state index contributed by atoms with van der Waals surface area (Å²) in [5.74, 6) is 5.10. The largest absolute Gasteiger partial charge is 0.324 e. The Balaban J connectivity index is 3.56. The molecule has 0 atom stereocenters. The van der Waals surface area contributed by atoms with E-state index in [0.29, 0.717) is 5.61 Å². The van der Waals surface area contributed by atoms with E-state index >= 15 is 0 Å². The average Bonchev–Trinajstić information content (AvgIpc) is 1.65. The van der Waals surface area contributed by atoms with Gasteiger partial charge in [0.05, 0.1) is 0 Å². The Kier molecular flexibility index (Phi) is 2.49. The third kappa shape index (κ3) is 2.26. The number of rotatable bonds is 1. The van der Waals surface area contributed by atoms with Gasteiger partial charge in [0.25, 0.3) is 0 Å². The zero-order chi connectivity index (χ0) is 5.86. The summed E-state index contributed by atoms with van der Waals surface area (Å²) >= 11 is 0. The van der Waals surface area contributed by atoms with Gasteiger partial charge in [-0.25, -0.2) is 5.10 Å². The molecule has 0 aliphatic rings. The van der Waals surface area contributed by atoms with Gasteiger partial charge in [-0.3, -0.25) is 0 Å². The molecule has 3 heteroatoms. The van der Waals surface area contributed by atoms with Crippen LogP contribution in [0.3, 0.4) is 0 Å². The first-order valence-corrected chi connectivity index (χ1v) is 2.21. The molecule has 38 valence electrons. The minimum Gasteiger partial charge on any atom is -0.324 e. The quantitative estimate of drug-likeness (QED) is 0.213. The van der Waals surface area contributed by atoms with E-state index in [1.54, 1.807) is 0 Å². The van der Waals surface area contributed by atoms with Gasteiger partial charge < -0.3 is 5.84 Å². The topological polar surface area (TPSA) is 38.4 Å². The van der Waals surface area contributed by atoms with Crippen LogP contribution in [0.5, 0.6) is 0 Å². The lowest BCUT2D eigenvalue weighted by Crippen LogP contribution is -2.08. The molecule has 2 nitrogen and oxygen atoms in total. The summed E-state index contributed by atoms with van der Waals surface area (Å²) in [5, 5.41) is 3.28. The van der Waals surface area contributed by atoms with Crippen molar-refractivity contribution in [2.24, 2.45) is 16.9 Å². The van der Waals surface area contributed by atoms with Crippen molar-refractivity contribution in [3.05, 3.63) is 0 Å². The van der Waals surface area contributed by atoms with E-state index in [-0.39, 0.29) is 5.92 Å². The number of hydrogen-bond donors (Lipinski definition) is 1. The van der Waals surface area contributed by atoms with Gasteiger partial charge in [-0.2, -0.15) is 0 Å². The fourth-order valence-electron chi connectivity index (χ4n) is 0.149. The molecule has 0 heterocycles. The summed E-state index contributed by atoms with van der Waals surface area (Å²) in [6, 6.07) is 0. The summed E-state index contributed by atoms with van der Waals surface area (Å²) in [7, 11) is 5.24. The van der Waals surface area contributed by atoms with Crippen LogP contribution in [0.15, 0.2) is 5.10 Å². The van der Waals surface area contributed by atoms with Crippen LogP contribution >= 0.6 is 0 Å². The second kappa shape index (κ2) is 2.67. The molecule has 0 aliphatic carbocycles. The lowest BCUT2D eigenvalue weighted by molar-refractivity contribution is 0.891. The molecule has 0 spiro atoms. The van der Waals surface area contributed by atoms with Crippen LogP contribution < -0.4 is 5.84 Å². The monoisotopic (exact) mass is 96.1 g/mol. The maximum Gasteiger partial charge on any atom is 0.138 e. The molecule has 0 aliphatic heterocycles. The number of nitrogens with zero attached hydrogens (tertiary/aromatic N) is 1. The average molecular weight is 95.9 g/mol. The molecular weight excluding hydrogens is 86.9 g/mol. The molecule has 0 amide bonds. The molecule has 0 aromatic heterocycles. The Morgan fingerprint density at radius 1 is 1.71 bits per heavy atom. The van der Waals surface area contributed by atoms with Gasteiger partial charge >= 0.3 is 0 Å². The third-order valence-electron chi connectivity index (χ3n) is 0.741. The predicted molar refractivity (Wildman–Crippen MR) is 32.2 cm³/mol. The standard InChI is InChI=1S/C4H9BN2/c1-3(2)4(5)7-6/h3H,6H2,1-2H3/b7-4-. The van der Waals surface area contributed by atoms with E-state index in [1.807, 2.05) is 13.8 Å². The maximum absolute atomic E-state index is 5.24. The first kappa shape index (κ1) is 6.53. The van der Waals surface area contributed by atoms with Crippen molar-refractivity contribution in [2.75, 3.05) is 0 Å². The number of hydrogen-bond acceptors (Lipinski definition) is 2. The van der Waals surface area contributed by atoms with Gasteiger partial charge in [-0.15, -0.1) is 0 Å². The third-order valence-corrected chi connectivity index (χ3v) is 0.741. The van der Waals surface area contributed by atoms with E-state index in [0.717, 1.165) is 0 Å². The Morgan fingerprint density at radius 3 is 2.14 bits per heavy atom. The van der Waals surface area contributed by atoms with Crippen LogP contribution in [0, 0.1) is 5.92 Å². The first-order chi connectivity index (χ1) is 3.18. The summed E-state index contributed by atoms with van der Waals surface area (Å²) in [6.45, 7) is 3.87. The van der Waals surface area contributed by atoms with Gasteiger partial charge in [0.15, 0.2) is 0 Å².